The molecule has 0 saturated heterocycles. The normalized spacial score (nSPS) is 16.0. The van der Waals surface area contributed by atoms with Crippen molar-refractivity contribution in [3.8, 4) is 6.07 Å². The molecule has 0 bridgehead atoms. The quantitative estimate of drug-likeness (QED) is 0.837. The van der Waals surface area contributed by atoms with Gasteiger partial charge in [0.1, 0.15) is 0 Å². The number of sulfonamides is 1. The molecule has 23 heavy (non-hydrogen) atoms. The number of hydrogen-bond donors (Lipinski definition) is 2. The van der Waals surface area contributed by atoms with E-state index in [2.05, 4.69) is 4.72 Å². The number of aliphatic hydroxyl groups is 1. The molecule has 1 saturated carbocycles. The van der Waals surface area contributed by atoms with Crippen molar-refractivity contribution in [3.05, 3.63) is 51.7 Å². The van der Waals surface area contributed by atoms with E-state index in [-0.39, 0.29) is 11.4 Å². The van der Waals surface area contributed by atoms with Crippen LogP contribution in [0.3, 0.4) is 0 Å². The molecule has 7 heteroatoms. The molecular weight excluding hydrogens is 332 g/mol. The Morgan fingerprint density at radius 2 is 1.83 bits per heavy atom. The molecule has 0 amide bonds. The highest BCUT2D eigenvalue weighted by atomic mass is 32.2. The lowest BCUT2D eigenvalue weighted by molar-refractivity contribution is 0.152. The summed E-state index contributed by atoms with van der Waals surface area (Å²) in [7, 11) is -3.60. The predicted octanol–water partition coefficient (Wildman–Crippen LogP) is 2.17. The van der Waals surface area contributed by atoms with Crippen LogP contribution in [-0.2, 0) is 23.0 Å². The maximum absolute atomic E-state index is 12.2. The van der Waals surface area contributed by atoms with E-state index in [1.165, 1.54) is 35.6 Å². The molecule has 5 nitrogen and oxygen atoms in total. The summed E-state index contributed by atoms with van der Waals surface area (Å²) in [5, 5.41) is 18.7. The molecule has 0 unspecified atom stereocenters. The Hall–Kier alpha value is -1.72. The van der Waals surface area contributed by atoms with Gasteiger partial charge < -0.3 is 5.11 Å². The topological polar surface area (TPSA) is 90.2 Å². The first-order valence-corrected chi connectivity index (χ1v) is 9.50. The molecule has 2 N–H and O–H groups in total. The fraction of sp³-hybridized carbons (Fsp3) is 0.312. The minimum atomic E-state index is -3.60. The molecule has 0 aliphatic heterocycles. The lowest BCUT2D eigenvalue weighted by Crippen LogP contribution is -2.22. The van der Waals surface area contributed by atoms with Crippen LogP contribution >= 0.6 is 11.3 Å². The third kappa shape index (κ3) is 3.98. The van der Waals surface area contributed by atoms with Gasteiger partial charge in [0.25, 0.3) is 0 Å². The van der Waals surface area contributed by atoms with Crippen LogP contribution in [0.25, 0.3) is 0 Å². The van der Waals surface area contributed by atoms with Gasteiger partial charge in [0, 0.05) is 22.7 Å². The smallest absolute Gasteiger partial charge is 0.240 e. The number of nitriles is 1. The largest absolute Gasteiger partial charge is 0.390 e. The Morgan fingerprint density at radius 3 is 2.43 bits per heavy atom. The van der Waals surface area contributed by atoms with E-state index in [1.54, 1.807) is 0 Å². The SMILES string of the molecule is N#Cc1ccc(S(=O)(=O)NCc2ccc(CC3(O)CC3)s2)cc1. The minimum absolute atomic E-state index is 0.139. The summed E-state index contributed by atoms with van der Waals surface area (Å²) < 4.78 is 27.0. The summed E-state index contributed by atoms with van der Waals surface area (Å²) in [5.41, 5.74) is -0.116. The van der Waals surface area contributed by atoms with Crippen molar-refractivity contribution in [3.63, 3.8) is 0 Å². The molecular formula is C16H16N2O3S2. The zero-order valence-corrected chi connectivity index (χ0v) is 14.0. The van der Waals surface area contributed by atoms with Gasteiger partial charge in [-0.2, -0.15) is 5.26 Å². The van der Waals surface area contributed by atoms with E-state index in [4.69, 9.17) is 5.26 Å². The fourth-order valence-electron chi connectivity index (χ4n) is 2.22. The van der Waals surface area contributed by atoms with E-state index in [0.717, 1.165) is 22.6 Å². The van der Waals surface area contributed by atoms with Crippen molar-refractivity contribution in [1.29, 1.82) is 5.26 Å². The molecule has 120 valence electrons. The number of benzene rings is 1. The van der Waals surface area contributed by atoms with Crippen LogP contribution < -0.4 is 4.72 Å². The number of nitrogens with one attached hydrogen (secondary N) is 1. The van der Waals surface area contributed by atoms with Gasteiger partial charge in [0.2, 0.25) is 10.0 Å². The summed E-state index contributed by atoms with van der Waals surface area (Å²) in [6.07, 6.45) is 2.32. The Balaban J connectivity index is 1.63. The van der Waals surface area contributed by atoms with Gasteiger partial charge in [-0.1, -0.05) is 0 Å². The molecule has 0 atom stereocenters. The van der Waals surface area contributed by atoms with Gasteiger partial charge in [-0.15, -0.1) is 11.3 Å². The summed E-state index contributed by atoms with van der Waals surface area (Å²) in [5.74, 6) is 0. The Bertz CT molecular complexity index is 844. The van der Waals surface area contributed by atoms with Gasteiger partial charge in [-0.25, -0.2) is 13.1 Å². The number of nitrogens with zero attached hydrogens (tertiary/aromatic N) is 1. The van der Waals surface area contributed by atoms with Crippen LogP contribution in [0.2, 0.25) is 0 Å². The van der Waals surface area contributed by atoms with E-state index in [1.807, 2.05) is 18.2 Å². The molecule has 0 spiro atoms. The molecule has 1 fully saturated rings. The monoisotopic (exact) mass is 348 g/mol. The predicted molar refractivity (Wildman–Crippen MR) is 87.4 cm³/mol. The van der Waals surface area contributed by atoms with Crippen molar-refractivity contribution in [2.24, 2.45) is 0 Å². The third-order valence-electron chi connectivity index (χ3n) is 3.78. The summed E-state index contributed by atoms with van der Waals surface area (Å²) >= 11 is 1.51. The zero-order chi connectivity index (χ0) is 16.5. The summed E-state index contributed by atoms with van der Waals surface area (Å²) in [6, 6.07) is 11.6. The van der Waals surface area contributed by atoms with Crippen molar-refractivity contribution in [2.45, 2.75) is 36.3 Å². The Labute approximate surface area is 139 Å². The van der Waals surface area contributed by atoms with Gasteiger partial charge in [-0.05, 0) is 49.2 Å². The second-order valence-electron chi connectivity index (χ2n) is 5.73. The van der Waals surface area contributed by atoms with Crippen LogP contribution in [0.15, 0.2) is 41.3 Å². The van der Waals surface area contributed by atoms with Gasteiger partial charge in [0.05, 0.1) is 22.1 Å². The molecule has 1 aromatic heterocycles. The average molecular weight is 348 g/mol. The van der Waals surface area contributed by atoms with Crippen LogP contribution in [0.5, 0.6) is 0 Å². The Morgan fingerprint density at radius 1 is 1.17 bits per heavy atom. The first kappa shape index (κ1) is 16.1. The van der Waals surface area contributed by atoms with Crippen LogP contribution in [0, 0.1) is 11.3 Å². The van der Waals surface area contributed by atoms with Crippen LogP contribution in [0.4, 0.5) is 0 Å². The van der Waals surface area contributed by atoms with Crippen molar-refractivity contribution >= 4 is 21.4 Å². The Kier molecular flexibility index (Phi) is 4.25. The fourth-order valence-corrected chi connectivity index (χ4v) is 4.41. The van der Waals surface area contributed by atoms with E-state index in [0.29, 0.717) is 12.0 Å². The van der Waals surface area contributed by atoms with Gasteiger partial charge in [-0.3, -0.25) is 0 Å². The van der Waals surface area contributed by atoms with Crippen LogP contribution in [0.1, 0.15) is 28.2 Å². The van der Waals surface area contributed by atoms with E-state index >= 15 is 0 Å². The van der Waals surface area contributed by atoms with E-state index in [9.17, 15) is 13.5 Å². The van der Waals surface area contributed by atoms with Crippen molar-refractivity contribution in [2.75, 3.05) is 0 Å². The molecule has 0 radical (unpaired) electrons. The second kappa shape index (κ2) is 6.06. The zero-order valence-electron chi connectivity index (χ0n) is 12.3. The van der Waals surface area contributed by atoms with Gasteiger partial charge >= 0.3 is 0 Å². The first-order valence-electron chi connectivity index (χ1n) is 7.20. The minimum Gasteiger partial charge on any atom is -0.390 e. The van der Waals surface area contributed by atoms with Crippen molar-refractivity contribution < 1.29 is 13.5 Å². The van der Waals surface area contributed by atoms with Crippen LogP contribution in [-0.4, -0.2) is 19.1 Å². The molecule has 2 aromatic rings. The molecule has 1 heterocycles. The number of thiophene rings is 1. The third-order valence-corrected chi connectivity index (χ3v) is 6.28. The van der Waals surface area contributed by atoms with E-state index < -0.39 is 15.6 Å². The highest BCUT2D eigenvalue weighted by Crippen LogP contribution is 2.39. The standard InChI is InChI=1S/C16H16N2O3S2/c17-10-12-1-5-15(6-2-12)23(20,21)18-11-14-4-3-13(22-14)9-16(19)7-8-16/h1-6,18-19H,7-9,11H2. The molecule has 1 aliphatic carbocycles. The highest BCUT2D eigenvalue weighted by Gasteiger charge is 2.40. The maximum atomic E-state index is 12.2. The maximum Gasteiger partial charge on any atom is 0.240 e. The lowest BCUT2D eigenvalue weighted by Gasteiger charge is -2.06. The highest BCUT2D eigenvalue weighted by molar-refractivity contribution is 7.89. The van der Waals surface area contributed by atoms with Gasteiger partial charge in [0.15, 0.2) is 0 Å². The number of rotatable bonds is 6. The number of hydrogen-bond acceptors (Lipinski definition) is 5. The average Bonchev–Trinajstić information content (AvgIpc) is 3.09. The first-order chi connectivity index (χ1) is 10.9. The molecule has 1 aliphatic rings. The summed E-state index contributed by atoms with van der Waals surface area (Å²) in [4.78, 5) is 2.11. The summed E-state index contributed by atoms with van der Waals surface area (Å²) in [6.45, 7) is 0.214. The lowest BCUT2D eigenvalue weighted by atomic mass is 10.2. The molecule has 1 aromatic carbocycles. The molecule has 3 rings (SSSR count). The second-order valence-corrected chi connectivity index (χ2v) is 8.75. The van der Waals surface area contributed by atoms with Crippen molar-refractivity contribution in [1.82, 2.24) is 4.72 Å².